The van der Waals surface area contributed by atoms with Crippen LogP contribution in [0.1, 0.15) is 36.0 Å². The summed E-state index contributed by atoms with van der Waals surface area (Å²) < 4.78 is 39.8. The number of alkyl halides is 3. The number of fused-ring (bicyclic) bond motifs is 1. The molecule has 9 nitrogen and oxygen atoms in total. The lowest BCUT2D eigenvalue weighted by Crippen LogP contribution is -2.40. The number of piperidine rings is 1. The largest absolute Gasteiger partial charge is 0.401 e. The number of H-pyrrole nitrogens is 1. The van der Waals surface area contributed by atoms with E-state index >= 15 is 0 Å². The number of likely N-dealkylation sites (tertiary alicyclic amines) is 1. The summed E-state index contributed by atoms with van der Waals surface area (Å²) in [7, 11) is 3.15. The molecule has 43 heavy (non-hydrogen) atoms. The first-order valence-electron chi connectivity index (χ1n) is 13.9. The van der Waals surface area contributed by atoms with Gasteiger partial charge in [-0.1, -0.05) is 0 Å². The number of halogens is 4. The highest BCUT2D eigenvalue weighted by Gasteiger charge is 2.31. The Morgan fingerprint density at radius 1 is 1.30 bits per heavy atom. The van der Waals surface area contributed by atoms with Crippen LogP contribution in [0.5, 0.6) is 0 Å². The number of hydrogen-bond donors (Lipinski definition) is 2. The average molecular weight is 664 g/mol. The lowest BCUT2D eigenvalue weighted by molar-refractivity contribution is -0.144. The molecule has 4 rings (SSSR count). The van der Waals surface area contributed by atoms with Crippen molar-refractivity contribution in [2.24, 2.45) is 11.8 Å². The van der Waals surface area contributed by atoms with Crippen molar-refractivity contribution in [1.82, 2.24) is 25.0 Å². The first-order valence-corrected chi connectivity index (χ1v) is 14.7. The van der Waals surface area contributed by atoms with E-state index in [4.69, 9.17) is 0 Å². The van der Waals surface area contributed by atoms with Gasteiger partial charge >= 0.3 is 6.18 Å². The van der Waals surface area contributed by atoms with Gasteiger partial charge in [0.05, 0.1) is 18.3 Å². The van der Waals surface area contributed by atoms with E-state index in [-0.39, 0.29) is 31.2 Å². The minimum atomic E-state index is -4.36. The maximum absolute atomic E-state index is 13.2. The van der Waals surface area contributed by atoms with Crippen LogP contribution in [0.4, 0.5) is 19.0 Å². The molecular weight excluding hydrogens is 629 g/mol. The predicted octanol–water partition coefficient (Wildman–Crippen LogP) is 5.03. The van der Waals surface area contributed by atoms with E-state index in [1.165, 1.54) is 11.9 Å². The Morgan fingerprint density at radius 3 is 2.70 bits per heavy atom. The van der Waals surface area contributed by atoms with Crippen molar-refractivity contribution in [1.29, 1.82) is 0 Å². The summed E-state index contributed by atoms with van der Waals surface area (Å²) in [5.41, 5.74) is 3.40. The maximum Gasteiger partial charge on any atom is 0.401 e. The van der Waals surface area contributed by atoms with Crippen LogP contribution in [0.2, 0.25) is 0 Å². The maximum atomic E-state index is 13.2. The molecular formula is C30H34BrF3N6O3. The molecule has 1 aliphatic heterocycles. The summed E-state index contributed by atoms with van der Waals surface area (Å²) in [5.74, 6) is -0.174. The van der Waals surface area contributed by atoms with Crippen molar-refractivity contribution < 1.29 is 27.6 Å². The third-order valence-corrected chi connectivity index (χ3v) is 8.36. The highest BCUT2D eigenvalue weighted by atomic mass is 79.9. The van der Waals surface area contributed by atoms with E-state index in [1.54, 1.807) is 36.5 Å². The summed E-state index contributed by atoms with van der Waals surface area (Å²) in [4.78, 5) is 44.5. The van der Waals surface area contributed by atoms with Crippen LogP contribution in [0.25, 0.3) is 17.0 Å². The van der Waals surface area contributed by atoms with Gasteiger partial charge in [0.2, 0.25) is 5.91 Å². The third kappa shape index (κ3) is 8.29. The number of hydrogen-bond acceptors (Lipinski definition) is 7. The molecule has 230 valence electrons. The Hall–Kier alpha value is -3.58. The Labute approximate surface area is 256 Å². The molecule has 1 aliphatic rings. The second kappa shape index (κ2) is 14.3. The van der Waals surface area contributed by atoms with Crippen LogP contribution in [0, 0.1) is 11.8 Å². The van der Waals surface area contributed by atoms with Crippen molar-refractivity contribution in [2.75, 3.05) is 39.0 Å². The molecule has 0 bridgehead atoms. The van der Waals surface area contributed by atoms with Crippen LogP contribution >= 0.6 is 15.9 Å². The van der Waals surface area contributed by atoms with Crippen LogP contribution in [-0.4, -0.2) is 83.4 Å². The molecule has 2 aromatic heterocycles. The van der Waals surface area contributed by atoms with Gasteiger partial charge in [0.25, 0.3) is 0 Å². The van der Waals surface area contributed by atoms with Crippen molar-refractivity contribution >= 4 is 57.2 Å². The standard InChI is InChI=1S/C30H34BrF3N6O3/c1-35-29-21(4-3-7-36-29)12-23(17-42)20-5-8-40(9-6-20)27(43)11-19(16-41)10-22-13-26(31)28-24(14-37-38-28)25(22)15-39(2)18-30(32,33)34/h3-4,7,12-14,16-17,19-20H,5-6,8-11,15,18H2,1-2H3,(H,35,36)(H,37,38)/b23-12+/t19-/m0/s1. The molecule has 0 radical (unpaired) electrons. The van der Waals surface area contributed by atoms with Crippen LogP contribution in [0.3, 0.4) is 0 Å². The topological polar surface area (TPSA) is 111 Å². The number of allylic oxidation sites excluding steroid dienone is 1. The molecule has 3 heterocycles. The Balaban J connectivity index is 1.43. The monoisotopic (exact) mass is 662 g/mol. The number of carbonyl (C=O) groups is 3. The number of aldehydes is 2. The van der Waals surface area contributed by atoms with Crippen LogP contribution < -0.4 is 5.32 Å². The van der Waals surface area contributed by atoms with Gasteiger partial charge in [-0.05, 0) is 89.1 Å². The number of pyridine rings is 1. The molecule has 0 aliphatic carbocycles. The molecule has 1 fully saturated rings. The van der Waals surface area contributed by atoms with Crippen LogP contribution in [-0.2, 0) is 27.3 Å². The van der Waals surface area contributed by atoms with Gasteiger partial charge in [-0.25, -0.2) is 4.98 Å². The van der Waals surface area contributed by atoms with Crippen molar-refractivity contribution in [3.8, 4) is 0 Å². The third-order valence-electron chi connectivity index (χ3n) is 7.73. The molecule has 1 atom stereocenters. The number of nitrogens with one attached hydrogen (secondary N) is 2. The van der Waals surface area contributed by atoms with Gasteiger partial charge in [-0.3, -0.25) is 19.6 Å². The van der Waals surface area contributed by atoms with Gasteiger partial charge in [-0.15, -0.1) is 0 Å². The summed E-state index contributed by atoms with van der Waals surface area (Å²) in [6.07, 6.45) is 3.67. The van der Waals surface area contributed by atoms with E-state index < -0.39 is 18.6 Å². The minimum Gasteiger partial charge on any atom is -0.373 e. The number of benzene rings is 1. The number of aromatic nitrogens is 3. The van der Waals surface area contributed by atoms with E-state index in [1.807, 2.05) is 12.1 Å². The zero-order chi connectivity index (χ0) is 31.1. The molecule has 0 saturated carbocycles. The number of rotatable bonds is 12. The molecule has 3 aromatic rings. The number of aromatic amines is 1. The summed E-state index contributed by atoms with van der Waals surface area (Å²) in [5, 5.41) is 10.6. The molecule has 1 aromatic carbocycles. The molecule has 2 N–H and O–H groups in total. The molecule has 1 saturated heterocycles. The molecule has 0 unspecified atom stereocenters. The summed E-state index contributed by atoms with van der Waals surface area (Å²) >= 11 is 3.49. The van der Waals surface area contributed by atoms with Crippen molar-refractivity contribution in [3.63, 3.8) is 0 Å². The van der Waals surface area contributed by atoms with Crippen LogP contribution in [0.15, 0.2) is 40.6 Å². The average Bonchev–Trinajstić information content (AvgIpc) is 3.47. The first kappa shape index (κ1) is 32.3. The van der Waals surface area contributed by atoms with E-state index in [2.05, 4.69) is 36.4 Å². The molecule has 0 spiro atoms. The van der Waals surface area contributed by atoms with E-state index in [9.17, 15) is 27.6 Å². The number of amides is 1. The Morgan fingerprint density at radius 2 is 2.05 bits per heavy atom. The SMILES string of the molecule is CNc1ncccc1/C=C(\C=O)C1CCN(C(=O)C[C@@H](C=O)Cc2cc(Br)c3[nH]ncc3c2CN(C)CC(F)(F)F)CC1. The number of nitrogens with zero attached hydrogens (tertiary/aromatic N) is 4. The Kier molecular flexibility index (Phi) is 10.7. The highest BCUT2D eigenvalue weighted by Crippen LogP contribution is 2.32. The summed E-state index contributed by atoms with van der Waals surface area (Å²) in [6.45, 7) is -0.196. The normalized spacial score (nSPS) is 15.6. The van der Waals surface area contributed by atoms with E-state index in [0.717, 1.165) is 18.1 Å². The second-order valence-electron chi connectivity index (χ2n) is 10.9. The first-order chi connectivity index (χ1) is 20.5. The zero-order valence-corrected chi connectivity index (χ0v) is 25.5. The molecule has 1 amide bonds. The lowest BCUT2D eigenvalue weighted by atomic mass is 9.88. The highest BCUT2D eigenvalue weighted by molar-refractivity contribution is 9.10. The zero-order valence-electron chi connectivity index (χ0n) is 24.0. The lowest BCUT2D eigenvalue weighted by Gasteiger charge is -2.33. The predicted molar refractivity (Wildman–Crippen MR) is 161 cm³/mol. The van der Waals surface area contributed by atoms with Gasteiger partial charge in [0, 0.05) is 60.6 Å². The molecule has 13 heteroatoms. The van der Waals surface area contributed by atoms with E-state index in [0.29, 0.717) is 63.8 Å². The smallest absolute Gasteiger partial charge is 0.373 e. The van der Waals surface area contributed by atoms with Gasteiger partial charge in [0.15, 0.2) is 0 Å². The number of carbonyl (C=O) groups excluding carboxylic acids is 3. The van der Waals surface area contributed by atoms with Gasteiger partial charge in [-0.2, -0.15) is 18.3 Å². The fourth-order valence-corrected chi connectivity index (χ4v) is 6.20. The Bertz CT molecular complexity index is 1480. The number of anilines is 1. The fourth-order valence-electron chi connectivity index (χ4n) is 5.62. The van der Waals surface area contributed by atoms with Crippen molar-refractivity contribution in [2.45, 2.75) is 38.4 Å². The van der Waals surface area contributed by atoms with Gasteiger partial charge in [0.1, 0.15) is 18.4 Å². The quantitative estimate of drug-likeness (QED) is 0.207. The summed E-state index contributed by atoms with van der Waals surface area (Å²) in [6, 6.07) is 5.46. The fraction of sp³-hybridized carbons (Fsp3) is 0.433. The van der Waals surface area contributed by atoms with Gasteiger partial charge < -0.3 is 15.0 Å². The van der Waals surface area contributed by atoms with Crippen molar-refractivity contribution in [3.05, 3.63) is 57.3 Å². The second-order valence-corrected chi connectivity index (χ2v) is 11.7. The minimum absolute atomic E-state index is 0.00731.